The summed E-state index contributed by atoms with van der Waals surface area (Å²) in [5.74, 6) is -0.346. The van der Waals surface area contributed by atoms with Crippen molar-refractivity contribution in [3.63, 3.8) is 0 Å². The van der Waals surface area contributed by atoms with Gasteiger partial charge in [-0.3, -0.25) is 4.79 Å². The zero-order valence-electron chi connectivity index (χ0n) is 10.3. The molecular formula is C14H10F3NOS. The van der Waals surface area contributed by atoms with Crippen molar-refractivity contribution in [2.24, 2.45) is 0 Å². The van der Waals surface area contributed by atoms with E-state index in [-0.39, 0.29) is 18.7 Å². The van der Waals surface area contributed by atoms with Gasteiger partial charge in [-0.2, -0.15) is 13.2 Å². The molecule has 0 atom stereocenters. The Labute approximate surface area is 117 Å². The maximum absolute atomic E-state index is 12.8. The minimum atomic E-state index is -4.34. The first kappa shape index (κ1) is 13.3. The predicted molar refractivity (Wildman–Crippen MR) is 70.2 cm³/mol. The average molecular weight is 297 g/mol. The van der Waals surface area contributed by atoms with Gasteiger partial charge in [0.25, 0.3) is 5.91 Å². The molecule has 1 N–H and O–H groups in total. The molecule has 0 radical (unpaired) electrons. The van der Waals surface area contributed by atoms with Crippen LogP contribution in [-0.4, -0.2) is 12.1 Å². The molecule has 0 aromatic heterocycles. The minimum Gasteiger partial charge on any atom is -0.325 e. The van der Waals surface area contributed by atoms with Crippen molar-refractivity contribution < 1.29 is 18.0 Å². The fraction of sp³-hybridized carbons (Fsp3) is 0.214. The highest BCUT2D eigenvalue weighted by Crippen LogP contribution is 2.42. The Kier molecular flexibility index (Phi) is 3.12. The zero-order chi connectivity index (χ0) is 14.3. The molecule has 1 heterocycles. The maximum Gasteiger partial charge on any atom is 0.412 e. The number of hydrogen-bond donors (Lipinski definition) is 1. The van der Waals surface area contributed by atoms with Crippen LogP contribution in [0.3, 0.4) is 0 Å². The number of benzene rings is 1. The number of rotatable bonds is 0. The number of hydrogen-bond acceptors (Lipinski definition) is 2. The van der Waals surface area contributed by atoms with Crippen LogP contribution in [0.25, 0.3) is 0 Å². The van der Waals surface area contributed by atoms with Crippen LogP contribution in [0.5, 0.6) is 0 Å². The summed E-state index contributed by atoms with van der Waals surface area (Å²) in [5, 5.41) is 2.62. The maximum atomic E-state index is 12.8. The third-order valence-electron chi connectivity index (χ3n) is 3.23. The summed E-state index contributed by atoms with van der Waals surface area (Å²) < 4.78 is 38.3. The lowest BCUT2D eigenvalue weighted by molar-refractivity contribution is -0.0937. The molecule has 0 fully saturated rings. The number of carbonyl (C=O) groups excluding carboxylic acids is 1. The highest BCUT2D eigenvalue weighted by atomic mass is 32.2. The lowest BCUT2D eigenvalue weighted by Gasteiger charge is -2.20. The molecule has 3 rings (SSSR count). The van der Waals surface area contributed by atoms with Gasteiger partial charge in [-0.15, -0.1) is 0 Å². The van der Waals surface area contributed by atoms with Gasteiger partial charge in [0.2, 0.25) is 0 Å². The van der Waals surface area contributed by atoms with Crippen molar-refractivity contribution >= 4 is 17.7 Å². The van der Waals surface area contributed by atoms with Gasteiger partial charge in [-0.25, -0.2) is 0 Å². The standard InChI is InChI=1S/C14H10F3NOS/c15-14(16,17)8-5-6-12-10(7-8)18-13(19)9-3-1-2-4-11(9)20-12/h1-5H,6-7H2,(H,18,19). The normalized spacial score (nSPS) is 18.8. The summed E-state index contributed by atoms with van der Waals surface area (Å²) in [6, 6.07) is 7.03. The first-order valence-electron chi connectivity index (χ1n) is 6.01. The smallest absolute Gasteiger partial charge is 0.325 e. The molecule has 104 valence electrons. The van der Waals surface area contributed by atoms with E-state index in [9.17, 15) is 18.0 Å². The van der Waals surface area contributed by atoms with E-state index in [0.29, 0.717) is 11.3 Å². The lowest BCUT2D eigenvalue weighted by Crippen LogP contribution is -2.26. The Morgan fingerprint density at radius 3 is 2.70 bits per heavy atom. The zero-order valence-corrected chi connectivity index (χ0v) is 11.1. The Bertz CT molecular complexity index is 646. The van der Waals surface area contributed by atoms with Crippen molar-refractivity contribution in [2.45, 2.75) is 23.9 Å². The van der Waals surface area contributed by atoms with Crippen molar-refractivity contribution in [1.29, 1.82) is 0 Å². The third-order valence-corrected chi connectivity index (χ3v) is 4.47. The van der Waals surface area contributed by atoms with Gasteiger partial charge in [0.1, 0.15) is 0 Å². The molecule has 0 spiro atoms. The fourth-order valence-corrected chi connectivity index (χ4v) is 3.31. The van der Waals surface area contributed by atoms with Crippen molar-refractivity contribution in [3.05, 3.63) is 52.1 Å². The summed E-state index contributed by atoms with van der Waals surface area (Å²) >= 11 is 1.36. The van der Waals surface area contributed by atoms with Crippen molar-refractivity contribution in [1.82, 2.24) is 5.32 Å². The lowest BCUT2D eigenvalue weighted by atomic mass is 10.0. The number of thioether (sulfide) groups is 1. The van der Waals surface area contributed by atoms with E-state index < -0.39 is 11.7 Å². The van der Waals surface area contributed by atoms with Crippen LogP contribution in [0.2, 0.25) is 0 Å². The van der Waals surface area contributed by atoms with Crippen LogP contribution in [-0.2, 0) is 0 Å². The van der Waals surface area contributed by atoms with E-state index in [1.807, 2.05) is 6.07 Å². The molecule has 1 amide bonds. The highest BCUT2D eigenvalue weighted by Gasteiger charge is 2.37. The Morgan fingerprint density at radius 2 is 1.95 bits per heavy atom. The summed E-state index contributed by atoms with van der Waals surface area (Å²) in [4.78, 5) is 13.6. The second kappa shape index (κ2) is 4.70. The van der Waals surface area contributed by atoms with Gasteiger partial charge in [0, 0.05) is 27.5 Å². The summed E-state index contributed by atoms with van der Waals surface area (Å²) in [5.41, 5.74) is 0.273. The van der Waals surface area contributed by atoms with Crippen LogP contribution in [0.15, 0.2) is 51.4 Å². The molecule has 20 heavy (non-hydrogen) atoms. The molecule has 1 aromatic carbocycles. The molecule has 1 aromatic rings. The van der Waals surface area contributed by atoms with Gasteiger partial charge in [0.05, 0.1) is 5.56 Å². The minimum absolute atomic E-state index is 0.198. The van der Waals surface area contributed by atoms with Gasteiger partial charge in [0.15, 0.2) is 0 Å². The van der Waals surface area contributed by atoms with Gasteiger partial charge in [-0.05, 0) is 18.6 Å². The monoisotopic (exact) mass is 297 g/mol. The van der Waals surface area contributed by atoms with Crippen LogP contribution >= 0.6 is 11.8 Å². The van der Waals surface area contributed by atoms with Gasteiger partial charge >= 0.3 is 6.18 Å². The average Bonchev–Trinajstić information content (AvgIpc) is 2.53. The SMILES string of the molecule is O=C1NC2=C(CC=C(C(F)(F)F)C2)Sc2ccccc21. The molecular weight excluding hydrogens is 287 g/mol. The second-order valence-corrected chi connectivity index (χ2v) is 5.70. The predicted octanol–water partition coefficient (Wildman–Crippen LogP) is 4.02. The van der Waals surface area contributed by atoms with Gasteiger partial charge < -0.3 is 5.32 Å². The number of carbonyl (C=O) groups is 1. The van der Waals surface area contributed by atoms with Crippen LogP contribution in [0.4, 0.5) is 13.2 Å². The van der Waals surface area contributed by atoms with Gasteiger partial charge in [-0.1, -0.05) is 30.0 Å². The molecule has 6 heteroatoms. The fourth-order valence-electron chi connectivity index (χ4n) is 2.21. The van der Waals surface area contributed by atoms with Crippen molar-refractivity contribution in [3.8, 4) is 0 Å². The number of amides is 1. The van der Waals surface area contributed by atoms with E-state index in [2.05, 4.69) is 5.32 Å². The van der Waals surface area contributed by atoms with E-state index in [1.54, 1.807) is 18.2 Å². The van der Waals surface area contributed by atoms with Crippen molar-refractivity contribution in [2.75, 3.05) is 0 Å². The number of alkyl halides is 3. The largest absolute Gasteiger partial charge is 0.412 e. The first-order valence-corrected chi connectivity index (χ1v) is 6.83. The molecule has 1 aliphatic carbocycles. The number of nitrogens with one attached hydrogen (secondary N) is 1. The van der Waals surface area contributed by atoms with E-state index in [4.69, 9.17) is 0 Å². The number of halogens is 3. The van der Waals surface area contributed by atoms with Crippen LogP contribution in [0, 0.1) is 0 Å². The van der Waals surface area contributed by atoms with E-state index in [1.165, 1.54) is 17.8 Å². The van der Waals surface area contributed by atoms with E-state index in [0.717, 1.165) is 9.80 Å². The molecule has 0 bridgehead atoms. The molecule has 1 aliphatic heterocycles. The molecule has 2 aliphatic rings. The topological polar surface area (TPSA) is 29.1 Å². The Hall–Kier alpha value is -1.69. The molecule has 0 unspecified atom stereocenters. The number of fused-ring (bicyclic) bond motifs is 1. The summed E-state index contributed by atoms with van der Waals surface area (Å²) in [6.07, 6.45) is -3.21. The Balaban J connectivity index is 1.93. The van der Waals surface area contributed by atoms with Crippen LogP contribution in [0.1, 0.15) is 23.2 Å². The molecule has 0 saturated carbocycles. The Morgan fingerprint density at radius 1 is 1.20 bits per heavy atom. The van der Waals surface area contributed by atoms with Crippen LogP contribution < -0.4 is 5.32 Å². The highest BCUT2D eigenvalue weighted by molar-refractivity contribution is 8.03. The van der Waals surface area contributed by atoms with E-state index >= 15 is 0 Å². The summed E-state index contributed by atoms with van der Waals surface area (Å²) in [7, 11) is 0. The third kappa shape index (κ3) is 2.35. The number of allylic oxidation sites excluding steroid dienone is 3. The molecule has 2 nitrogen and oxygen atoms in total. The molecule has 0 saturated heterocycles. The second-order valence-electron chi connectivity index (χ2n) is 4.56. The summed E-state index contributed by atoms with van der Waals surface area (Å²) in [6.45, 7) is 0. The quantitative estimate of drug-likeness (QED) is 0.733. The first-order chi connectivity index (χ1) is 9.45.